The van der Waals surface area contributed by atoms with Crippen LogP contribution in [0.15, 0.2) is 29.4 Å². The van der Waals surface area contributed by atoms with E-state index in [1.165, 1.54) is 16.6 Å². The third kappa shape index (κ3) is 3.26. The summed E-state index contributed by atoms with van der Waals surface area (Å²) in [5.41, 5.74) is 5.59. The normalized spacial score (nSPS) is 14.0. The molecule has 90 valence electrons. The summed E-state index contributed by atoms with van der Waals surface area (Å²) in [6.07, 6.45) is 3.52. The molecule has 0 fully saturated rings. The lowest BCUT2D eigenvalue weighted by molar-refractivity contribution is 0.446. The van der Waals surface area contributed by atoms with Gasteiger partial charge in [0.15, 0.2) is 0 Å². The molecule has 0 saturated carbocycles. The number of rotatable bonds is 5. The maximum absolute atomic E-state index is 12.0. The Bertz CT molecular complexity index is 417. The Hall–Kier alpha value is -0.980. The average molecular weight is 243 g/mol. The summed E-state index contributed by atoms with van der Waals surface area (Å²) in [5, 5.41) is 0. The number of hydrogen-bond donors (Lipinski definition) is 1. The first-order valence-electron chi connectivity index (χ1n) is 5.06. The molecule has 1 heterocycles. The molecule has 1 aromatic heterocycles. The Morgan fingerprint density at radius 2 is 2.25 bits per heavy atom. The van der Waals surface area contributed by atoms with Crippen LogP contribution in [0.2, 0.25) is 0 Å². The molecule has 5 nitrogen and oxygen atoms in total. The lowest BCUT2D eigenvalue weighted by Crippen LogP contribution is -2.31. The van der Waals surface area contributed by atoms with Crippen LogP contribution >= 0.6 is 0 Å². The smallest absolute Gasteiger partial charge is 0.244 e. The van der Waals surface area contributed by atoms with Gasteiger partial charge in [-0.3, -0.25) is 4.98 Å². The number of nitrogens with two attached hydrogens (primary N) is 1. The van der Waals surface area contributed by atoms with Crippen molar-refractivity contribution in [2.75, 3.05) is 13.6 Å². The summed E-state index contributed by atoms with van der Waals surface area (Å²) in [6.45, 7) is 2.26. The summed E-state index contributed by atoms with van der Waals surface area (Å²) in [7, 11) is -1.87. The van der Waals surface area contributed by atoms with Crippen LogP contribution in [-0.2, 0) is 10.0 Å². The van der Waals surface area contributed by atoms with E-state index in [4.69, 9.17) is 5.73 Å². The summed E-state index contributed by atoms with van der Waals surface area (Å²) in [5.74, 6) is 0. The van der Waals surface area contributed by atoms with Crippen LogP contribution in [0, 0.1) is 0 Å². The van der Waals surface area contributed by atoms with Crippen molar-refractivity contribution in [3.63, 3.8) is 0 Å². The number of nitrogens with zero attached hydrogens (tertiary/aromatic N) is 2. The van der Waals surface area contributed by atoms with Gasteiger partial charge < -0.3 is 5.73 Å². The molecule has 6 heteroatoms. The van der Waals surface area contributed by atoms with Crippen LogP contribution in [0.3, 0.4) is 0 Å². The van der Waals surface area contributed by atoms with Crippen molar-refractivity contribution in [3.8, 4) is 0 Å². The van der Waals surface area contributed by atoms with Gasteiger partial charge in [-0.05, 0) is 25.5 Å². The highest BCUT2D eigenvalue weighted by atomic mass is 32.2. The van der Waals surface area contributed by atoms with Crippen LogP contribution in [0.4, 0.5) is 0 Å². The first-order chi connectivity index (χ1) is 7.44. The van der Waals surface area contributed by atoms with E-state index in [1.807, 2.05) is 6.92 Å². The zero-order valence-electron chi connectivity index (χ0n) is 9.50. The van der Waals surface area contributed by atoms with Gasteiger partial charge in [0.25, 0.3) is 0 Å². The van der Waals surface area contributed by atoms with E-state index >= 15 is 0 Å². The first-order valence-corrected chi connectivity index (χ1v) is 6.50. The molecule has 0 aliphatic heterocycles. The molecule has 0 saturated heterocycles. The molecular formula is C10H17N3O2S. The molecular weight excluding hydrogens is 226 g/mol. The van der Waals surface area contributed by atoms with Gasteiger partial charge in [0.2, 0.25) is 10.0 Å². The highest BCUT2D eigenvalue weighted by Crippen LogP contribution is 2.12. The number of hydrogen-bond acceptors (Lipinski definition) is 4. The molecule has 1 aromatic rings. The fourth-order valence-corrected chi connectivity index (χ4v) is 2.34. The van der Waals surface area contributed by atoms with Crippen molar-refractivity contribution in [2.24, 2.45) is 5.73 Å². The minimum absolute atomic E-state index is 0.00783. The van der Waals surface area contributed by atoms with E-state index in [0.29, 0.717) is 13.0 Å². The van der Waals surface area contributed by atoms with Crippen molar-refractivity contribution in [1.82, 2.24) is 9.29 Å². The van der Waals surface area contributed by atoms with Crippen molar-refractivity contribution >= 4 is 10.0 Å². The van der Waals surface area contributed by atoms with E-state index in [-0.39, 0.29) is 10.9 Å². The number of aromatic nitrogens is 1. The van der Waals surface area contributed by atoms with E-state index < -0.39 is 10.0 Å². The Labute approximate surface area is 96.3 Å². The van der Waals surface area contributed by atoms with E-state index in [9.17, 15) is 8.42 Å². The Balaban J connectivity index is 2.79. The summed E-state index contributed by atoms with van der Waals surface area (Å²) >= 11 is 0. The van der Waals surface area contributed by atoms with Crippen molar-refractivity contribution in [1.29, 1.82) is 0 Å². The average Bonchev–Trinajstić information content (AvgIpc) is 2.27. The lowest BCUT2D eigenvalue weighted by Gasteiger charge is -2.17. The fraction of sp³-hybridized carbons (Fsp3) is 0.500. The summed E-state index contributed by atoms with van der Waals surface area (Å²) in [6, 6.07) is 3.13. The SMILES string of the molecule is CC(N)CCN(C)S(=O)(=O)c1cccnc1. The van der Waals surface area contributed by atoms with E-state index in [0.717, 1.165) is 0 Å². The quantitative estimate of drug-likeness (QED) is 0.814. The van der Waals surface area contributed by atoms with Gasteiger partial charge in [-0.1, -0.05) is 0 Å². The van der Waals surface area contributed by atoms with Crippen LogP contribution < -0.4 is 5.73 Å². The van der Waals surface area contributed by atoms with Crippen LogP contribution in [-0.4, -0.2) is 37.3 Å². The van der Waals surface area contributed by atoms with Gasteiger partial charge in [0.1, 0.15) is 4.90 Å². The van der Waals surface area contributed by atoms with Gasteiger partial charge >= 0.3 is 0 Å². The molecule has 0 bridgehead atoms. The van der Waals surface area contributed by atoms with Gasteiger partial charge in [-0.15, -0.1) is 0 Å². The zero-order chi connectivity index (χ0) is 12.2. The first kappa shape index (κ1) is 13.1. The number of pyridine rings is 1. The summed E-state index contributed by atoms with van der Waals surface area (Å²) in [4.78, 5) is 4.01. The van der Waals surface area contributed by atoms with Gasteiger partial charge in [-0.2, -0.15) is 0 Å². The second-order valence-electron chi connectivity index (χ2n) is 3.78. The van der Waals surface area contributed by atoms with Gasteiger partial charge in [0, 0.05) is 32.0 Å². The van der Waals surface area contributed by atoms with E-state index in [2.05, 4.69) is 4.98 Å². The topological polar surface area (TPSA) is 76.3 Å². The Morgan fingerprint density at radius 3 is 2.75 bits per heavy atom. The van der Waals surface area contributed by atoms with Gasteiger partial charge in [0.05, 0.1) is 0 Å². The predicted octanol–water partition coefficient (Wildman–Crippen LogP) is 0.439. The van der Waals surface area contributed by atoms with E-state index in [1.54, 1.807) is 19.3 Å². The molecule has 1 rings (SSSR count). The summed E-state index contributed by atoms with van der Waals surface area (Å²) < 4.78 is 25.3. The fourth-order valence-electron chi connectivity index (χ4n) is 1.19. The second kappa shape index (κ2) is 5.38. The standard InChI is InChI=1S/C10H17N3O2S/c1-9(11)5-7-13(2)16(14,15)10-4-3-6-12-8-10/h3-4,6,8-9H,5,7,11H2,1-2H3. The molecule has 0 amide bonds. The minimum atomic E-state index is -3.42. The largest absolute Gasteiger partial charge is 0.328 e. The van der Waals surface area contributed by atoms with Crippen molar-refractivity contribution in [3.05, 3.63) is 24.5 Å². The Kier molecular flexibility index (Phi) is 4.40. The minimum Gasteiger partial charge on any atom is -0.328 e. The molecule has 0 spiro atoms. The maximum Gasteiger partial charge on any atom is 0.244 e. The lowest BCUT2D eigenvalue weighted by atomic mass is 10.2. The molecule has 0 aliphatic rings. The molecule has 0 radical (unpaired) electrons. The molecule has 0 aromatic carbocycles. The molecule has 0 aliphatic carbocycles. The molecule has 2 N–H and O–H groups in total. The third-order valence-corrected chi connectivity index (χ3v) is 4.08. The Morgan fingerprint density at radius 1 is 1.56 bits per heavy atom. The van der Waals surface area contributed by atoms with Crippen LogP contribution in [0.25, 0.3) is 0 Å². The molecule has 1 unspecified atom stereocenters. The second-order valence-corrected chi connectivity index (χ2v) is 5.83. The predicted molar refractivity (Wildman–Crippen MR) is 62.3 cm³/mol. The van der Waals surface area contributed by atoms with Crippen LogP contribution in [0.5, 0.6) is 0 Å². The highest BCUT2D eigenvalue weighted by Gasteiger charge is 2.20. The third-order valence-electron chi connectivity index (χ3n) is 2.24. The molecule has 1 atom stereocenters. The van der Waals surface area contributed by atoms with Crippen LogP contribution in [0.1, 0.15) is 13.3 Å². The van der Waals surface area contributed by atoms with Crippen molar-refractivity contribution in [2.45, 2.75) is 24.3 Å². The zero-order valence-corrected chi connectivity index (χ0v) is 10.3. The maximum atomic E-state index is 12.0. The monoisotopic (exact) mass is 243 g/mol. The van der Waals surface area contributed by atoms with Gasteiger partial charge in [-0.25, -0.2) is 12.7 Å². The highest BCUT2D eigenvalue weighted by molar-refractivity contribution is 7.89. The molecule has 16 heavy (non-hydrogen) atoms. The van der Waals surface area contributed by atoms with Crippen molar-refractivity contribution < 1.29 is 8.42 Å². The number of sulfonamides is 1.